The molecule has 0 saturated heterocycles. The maximum absolute atomic E-state index is 12.5. The fourth-order valence-corrected chi connectivity index (χ4v) is 0.933. The number of hydrogen-bond acceptors (Lipinski definition) is 1. The van der Waals surface area contributed by atoms with Gasteiger partial charge >= 0.3 is 0 Å². The molecule has 8 heteroatoms. The van der Waals surface area contributed by atoms with E-state index < -0.39 is 46.1 Å². The topological polar surface area (TPSA) is 37.3 Å². The standard InChI is InChI=1S/C6H3F5O2S/c7-1-3(9)5(11)6(14(12)13)4(10)2-8/h1-2H,(H,12,13)/b3-1-,4-2-,6-5-. The van der Waals surface area contributed by atoms with Gasteiger partial charge in [0.1, 0.15) is 17.6 Å². The first-order chi connectivity index (χ1) is 6.45. The third-order valence-electron chi connectivity index (χ3n) is 0.992. The summed E-state index contributed by atoms with van der Waals surface area (Å²) in [7, 11) is 0. The Morgan fingerprint density at radius 3 is 1.79 bits per heavy atom. The maximum Gasteiger partial charge on any atom is 0.192 e. The Bertz CT molecular complexity index is 333. The highest BCUT2D eigenvalue weighted by Crippen LogP contribution is 2.26. The van der Waals surface area contributed by atoms with Crippen LogP contribution >= 0.6 is 0 Å². The van der Waals surface area contributed by atoms with Gasteiger partial charge in [-0.2, -0.15) is 0 Å². The van der Waals surface area contributed by atoms with Crippen molar-refractivity contribution in [3.05, 3.63) is 35.0 Å². The summed E-state index contributed by atoms with van der Waals surface area (Å²) in [4.78, 5) is -1.81. The summed E-state index contributed by atoms with van der Waals surface area (Å²) in [6, 6.07) is 0. The van der Waals surface area contributed by atoms with Gasteiger partial charge in [0.05, 0.1) is 0 Å². The third-order valence-corrected chi connectivity index (χ3v) is 1.72. The van der Waals surface area contributed by atoms with Crippen LogP contribution in [0.15, 0.2) is 35.0 Å². The van der Waals surface area contributed by atoms with Crippen molar-refractivity contribution >= 4 is 11.1 Å². The summed E-state index contributed by atoms with van der Waals surface area (Å²) in [5, 5.41) is 0. The molecule has 1 atom stereocenters. The SMILES string of the molecule is O=S(O)C(/C(F)=C/F)=C(F)/C(F)=C/F. The average molecular weight is 234 g/mol. The Morgan fingerprint density at radius 2 is 1.50 bits per heavy atom. The molecule has 0 saturated carbocycles. The molecule has 0 heterocycles. The van der Waals surface area contributed by atoms with Crippen molar-refractivity contribution in [1.82, 2.24) is 0 Å². The van der Waals surface area contributed by atoms with Gasteiger partial charge < -0.3 is 4.55 Å². The van der Waals surface area contributed by atoms with Gasteiger partial charge in [-0.25, -0.2) is 26.2 Å². The van der Waals surface area contributed by atoms with Gasteiger partial charge in [-0.3, -0.25) is 0 Å². The summed E-state index contributed by atoms with van der Waals surface area (Å²) in [6.45, 7) is 0. The van der Waals surface area contributed by atoms with Gasteiger partial charge in [0.2, 0.25) is 0 Å². The predicted octanol–water partition coefficient (Wildman–Crippen LogP) is 2.95. The summed E-state index contributed by atoms with van der Waals surface area (Å²) < 4.78 is 78.3. The number of allylic oxidation sites excluding steroid dienone is 3. The zero-order valence-electron chi connectivity index (χ0n) is 6.31. The molecule has 0 radical (unpaired) electrons. The highest BCUT2D eigenvalue weighted by molar-refractivity contribution is 7.83. The Kier molecular flexibility index (Phi) is 5.24. The van der Waals surface area contributed by atoms with E-state index in [0.29, 0.717) is 0 Å². The van der Waals surface area contributed by atoms with Crippen molar-refractivity contribution in [2.45, 2.75) is 0 Å². The van der Waals surface area contributed by atoms with E-state index in [1.165, 1.54) is 0 Å². The molecule has 0 amide bonds. The Labute approximate surface area is 77.7 Å². The number of halogens is 5. The lowest BCUT2D eigenvalue weighted by molar-refractivity contribution is 0.504. The van der Waals surface area contributed by atoms with E-state index in [4.69, 9.17) is 4.55 Å². The molecule has 1 unspecified atom stereocenters. The Hall–Kier alpha value is -1.02. The molecule has 0 aliphatic rings. The minimum atomic E-state index is -3.31. The largest absolute Gasteiger partial charge is 0.302 e. The van der Waals surface area contributed by atoms with E-state index in [1.54, 1.807) is 0 Å². The van der Waals surface area contributed by atoms with Crippen LogP contribution in [0.5, 0.6) is 0 Å². The van der Waals surface area contributed by atoms with Gasteiger partial charge in [-0.15, -0.1) is 0 Å². The van der Waals surface area contributed by atoms with Crippen LogP contribution in [0.2, 0.25) is 0 Å². The first kappa shape index (κ1) is 13.0. The summed E-state index contributed by atoms with van der Waals surface area (Å²) in [5.41, 5.74) is 0. The third kappa shape index (κ3) is 3.04. The zero-order chi connectivity index (χ0) is 11.3. The molecule has 0 aromatic heterocycles. The van der Waals surface area contributed by atoms with Gasteiger partial charge in [-0.05, 0) is 0 Å². The second-order valence-electron chi connectivity index (χ2n) is 1.81. The van der Waals surface area contributed by atoms with Gasteiger partial charge in [0.25, 0.3) is 0 Å². The van der Waals surface area contributed by atoms with Crippen LogP contribution < -0.4 is 0 Å². The quantitative estimate of drug-likeness (QED) is 0.463. The van der Waals surface area contributed by atoms with Crippen molar-refractivity contribution in [3.63, 3.8) is 0 Å². The molecular weight excluding hydrogens is 231 g/mol. The Morgan fingerprint density at radius 1 is 1.07 bits per heavy atom. The highest BCUT2D eigenvalue weighted by atomic mass is 32.2. The molecule has 0 bridgehead atoms. The summed E-state index contributed by atoms with van der Waals surface area (Å²) in [6.07, 6.45) is -1.75. The molecule has 1 N–H and O–H groups in total. The predicted molar refractivity (Wildman–Crippen MR) is 39.5 cm³/mol. The van der Waals surface area contributed by atoms with Crippen LogP contribution in [0.4, 0.5) is 22.0 Å². The van der Waals surface area contributed by atoms with E-state index in [9.17, 15) is 26.2 Å². The number of rotatable bonds is 3. The minimum Gasteiger partial charge on any atom is -0.302 e. The molecule has 0 aliphatic heterocycles. The van der Waals surface area contributed by atoms with Gasteiger partial charge in [0.15, 0.2) is 28.6 Å². The fraction of sp³-hybridized carbons (Fsp3) is 0. The summed E-state index contributed by atoms with van der Waals surface area (Å²) in [5.74, 6) is -6.58. The lowest BCUT2D eigenvalue weighted by atomic mass is 10.4. The van der Waals surface area contributed by atoms with E-state index in [-0.39, 0.29) is 0 Å². The van der Waals surface area contributed by atoms with E-state index >= 15 is 0 Å². The average Bonchev–Trinajstić information content (AvgIpc) is 2.15. The molecule has 0 aromatic carbocycles. The molecule has 2 nitrogen and oxygen atoms in total. The Balaban J connectivity index is 5.51. The molecule has 14 heavy (non-hydrogen) atoms. The lowest BCUT2D eigenvalue weighted by Crippen LogP contribution is -1.97. The van der Waals surface area contributed by atoms with Crippen molar-refractivity contribution in [3.8, 4) is 0 Å². The second kappa shape index (κ2) is 5.66. The van der Waals surface area contributed by atoms with Crippen LogP contribution in [-0.2, 0) is 11.1 Å². The van der Waals surface area contributed by atoms with E-state index in [1.807, 2.05) is 0 Å². The molecule has 0 spiro atoms. The van der Waals surface area contributed by atoms with E-state index in [0.717, 1.165) is 0 Å². The maximum atomic E-state index is 12.5. The number of hydrogen-bond donors (Lipinski definition) is 1. The fourth-order valence-electron chi connectivity index (χ4n) is 0.471. The van der Waals surface area contributed by atoms with Crippen molar-refractivity contribution in [2.24, 2.45) is 0 Å². The van der Waals surface area contributed by atoms with Crippen LogP contribution in [-0.4, -0.2) is 8.76 Å². The monoisotopic (exact) mass is 234 g/mol. The van der Waals surface area contributed by atoms with Crippen LogP contribution in [0, 0.1) is 0 Å². The first-order valence-corrected chi connectivity index (χ1v) is 3.99. The zero-order valence-corrected chi connectivity index (χ0v) is 7.12. The highest BCUT2D eigenvalue weighted by Gasteiger charge is 2.21. The summed E-state index contributed by atoms with van der Waals surface area (Å²) >= 11 is -3.31. The van der Waals surface area contributed by atoms with E-state index in [2.05, 4.69) is 0 Å². The normalized spacial score (nSPS) is 17.9. The van der Waals surface area contributed by atoms with Crippen LogP contribution in [0.1, 0.15) is 0 Å². The van der Waals surface area contributed by atoms with Gasteiger partial charge in [-0.1, -0.05) is 0 Å². The lowest BCUT2D eigenvalue weighted by Gasteiger charge is -1.99. The molecule has 0 aromatic rings. The van der Waals surface area contributed by atoms with Crippen LogP contribution in [0.25, 0.3) is 0 Å². The smallest absolute Gasteiger partial charge is 0.192 e. The van der Waals surface area contributed by atoms with Crippen molar-refractivity contribution in [2.75, 3.05) is 0 Å². The van der Waals surface area contributed by atoms with Crippen molar-refractivity contribution < 1.29 is 30.7 Å². The molecular formula is C6H3F5O2S. The molecule has 80 valence electrons. The molecule has 0 rings (SSSR count). The second-order valence-corrected chi connectivity index (χ2v) is 2.71. The van der Waals surface area contributed by atoms with Gasteiger partial charge in [0, 0.05) is 0 Å². The van der Waals surface area contributed by atoms with Crippen molar-refractivity contribution in [1.29, 1.82) is 0 Å². The van der Waals surface area contributed by atoms with Crippen LogP contribution in [0.3, 0.4) is 0 Å². The minimum absolute atomic E-state index is 0.853. The molecule has 0 aliphatic carbocycles. The molecule has 0 fully saturated rings. The first-order valence-electron chi connectivity index (χ1n) is 2.88.